The quantitative estimate of drug-likeness (QED) is 0.321. The van der Waals surface area contributed by atoms with Crippen molar-refractivity contribution in [3.05, 3.63) is 23.3 Å². The van der Waals surface area contributed by atoms with E-state index in [1.165, 1.54) is 0 Å². The fourth-order valence-electron chi connectivity index (χ4n) is 3.88. The molecule has 0 saturated carbocycles. The maximum Gasteiger partial charge on any atom is 0.475 e. The summed E-state index contributed by atoms with van der Waals surface area (Å²) in [7, 11) is 1.42. The Morgan fingerprint density at radius 1 is 1.19 bits per heavy atom. The number of ether oxygens (including phenoxy) is 2. The molecular formula is C21H33BN2O7. The van der Waals surface area contributed by atoms with Gasteiger partial charge in [-0.15, -0.1) is 0 Å². The molecule has 1 aromatic carbocycles. The Bertz CT molecular complexity index is 772. The average molecular weight is 436 g/mol. The predicted octanol–water partition coefficient (Wildman–Crippen LogP) is -0.171. The van der Waals surface area contributed by atoms with Gasteiger partial charge < -0.3 is 35.3 Å². The Kier molecular flexibility index (Phi) is 9.15. The van der Waals surface area contributed by atoms with E-state index in [4.69, 9.17) is 9.47 Å². The summed E-state index contributed by atoms with van der Waals surface area (Å²) in [5.74, 6) is -0.783. The Hall–Kier alpha value is -2.30. The minimum absolute atomic E-state index is 0.116. The lowest BCUT2D eigenvalue weighted by molar-refractivity contribution is -0.132. The van der Waals surface area contributed by atoms with Gasteiger partial charge in [0.2, 0.25) is 11.8 Å². The molecule has 5 N–H and O–H groups in total. The van der Waals surface area contributed by atoms with Gasteiger partial charge in [0.15, 0.2) is 0 Å². The number of nitrogens with one attached hydrogen (secondary N) is 2. The van der Waals surface area contributed by atoms with E-state index in [2.05, 4.69) is 10.6 Å². The molecule has 31 heavy (non-hydrogen) atoms. The zero-order valence-corrected chi connectivity index (χ0v) is 18.6. The van der Waals surface area contributed by atoms with Crippen LogP contribution in [0.3, 0.4) is 0 Å². The number of rotatable bonds is 10. The van der Waals surface area contributed by atoms with Crippen LogP contribution >= 0.6 is 0 Å². The fourth-order valence-corrected chi connectivity index (χ4v) is 3.88. The number of aliphatic hydroxyl groups is 1. The van der Waals surface area contributed by atoms with Crippen LogP contribution in [0, 0.1) is 11.8 Å². The van der Waals surface area contributed by atoms with E-state index in [-0.39, 0.29) is 17.7 Å². The van der Waals surface area contributed by atoms with Crippen molar-refractivity contribution >= 4 is 18.9 Å². The molecule has 0 bridgehead atoms. The lowest BCUT2D eigenvalue weighted by Gasteiger charge is -2.28. The highest BCUT2D eigenvalue weighted by Crippen LogP contribution is 2.35. The molecule has 9 nitrogen and oxygen atoms in total. The summed E-state index contributed by atoms with van der Waals surface area (Å²) in [5.41, 5.74) is 1.99. The van der Waals surface area contributed by atoms with E-state index < -0.39 is 31.6 Å². The average Bonchev–Trinajstić information content (AvgIpc) is 2.74. The van der Waals surface area contributed by atoms with E-state index in [1.807, 2.05) is 26.0 Å². The summed E-state index contributed by atoms with van der Waals surface area (Å²) in [4.78, 5) is 25.3. The molecule has 1 aliphatic carbocycles. The molecule has 0 heterocycles. The standard InChI is InChI=1S/C21H33BN2O7/c1-12(2)7-19(22(28)29)24-21(27)17(11-25)23-20(26)13-5-6-16-14(8-13)9-15(30-3)10-18(16)31-4/h9-10,12-13,17,19,25,28-29H,5-8,11H2,1-4H3,(H,23,26)(H,24,27)/t13?,17-,19-/m0/s1. The first-order valence-electron chi connectivity index (χ1n) is 10.5. The number of benzene rings is 1. The molecule has 0 spiro atoms. The summed E-state index contributed by atoms with van der Waals surface area (Å²) in [6.07, 6.45) is 2.02. The van der Waals surface area contributed by atoms with Gasteiger partial charge in [0.25, 0.3) is 0 Å². The second-order valence-corrected chi connectivity index (χ2v) is 8.31. The van der Waals surface area contributed by atoms with Crippen LogP contribution in [0.15, 0.2) is 12.1 Å². The van der Waals surface area contributed by atoms with Crippen molar-refractivity contribution in [1.82, 2.24) is 10.6 Å². The van der Waals surface area contributed by atoms with Crippen LogP contribution in [0.5, 0.6) is 11.5 Å². The van der Waals surface area contributed by atoms with Crippen molar-refractivity contribution < 1.29 is 34.2 Å². The van der Waals surface area contributed by atoms with Crippen molar-refractivity contribution in [1.29, 1.82) is 0 Å². The summed E-state index contributed by atoms with van der Waals surface area (Å²) < 4.78 is 10.7. The van der Waals surface area contributed by atoms with Gasteiger partial charge in [-0.2, -0.15) is 0 Å². The van der Waals surface area contributed by atoms with Crippen molar-refractivity contribution in [3.8, 4) is 11.5 Å². The lowest BCUT2D eigenvalue weighted by Crippen LogP contribution is -2.56. The molecule has 2 amide bonds. The maximum atomic E-state index is 12.8. The SMILES string of the molecule is COc1cc2c(c(OC)c1)CCC(C(=O)N[C@@H](CO)C(=O)N[C@@H](CC(C)C)B(O)O)C2. The molecule has 0 radical (unpaired) electrons. The second kappa shape index (κ2) is 11.4. The van der Waals surface area contributed by atoms with Crippen LogP contribution in [0.25, 0.3) is 0 Å². The minimum atomic E-state index is -1.73. The summed E-state index contributed by atoms with van der Waals surface area (Å²) in [6.45, 7) is 3.17. The number of amides is 2. The van der Waals surface area contributed by atoms with Gasteiger partial charge in [-0.3, -0.25) is 9.59 Å². The van der Waals surface area contributed by atoms with Gasteiger partial charge in [-0.1, -0.05) is 13.8 Å². The third-order valence-corrected chi connectivity index (χ3v) is 5.54. The molecule has 2 rings (SSSR count). The van der Waals surface area contributed by atoms with Crippen molar-refractivity contribution in [2.45, 2.75) is 51.5 Å². The van der Waals surface area contributed by atoms with Gasteiger partial charge in [-0.05, 0) is 48.8 Å². The molecule has 1 aromatic rings. The molecule has 0 aromatic heterocycles. The molecule has 0 saturated heterocycles. The van der Waals surface area contributed by atoms with Gasteiger partial charge in [0.1, 0.15) is 17.5 Å². The second-order valence-electron chi connectivity index (χ2n) is 8.31. The third kappa shape index (κ3) is 6.59. The topological polar surface area (TPSA) is 137 Å². The van der Waals surface area contributed by atoms with Gasteiger partial charge in [-0.25, -0.2) is 0 Å². The predicted molar refractivity (Wildman–Crippen MR) is 116 cm³/mol. The summed E-state index contributed by atoms with van der Waals surface area (Å²) in [5, 5.41) is 33.7. The number of carbonyl (C=O) groups is 2. The normalized spacial score (nSPS) is 17.4. The summed E-state index contributed by atoms with van der Waals surface area (Å²) >= 11 is 0. The number of hydrogen-bond acceptors (Lipinski definition) is 7. The van der Waals surface area contributed by atoms with Crippen LogP contribution in [-0.2, 0) is 22.4 Å². The first-order chi connectivity index (χ1) is 14.7. The minimum Gasteiger partial charge on any atom is -0.497 e. The fraction of sp³-hybridized carbons (Fsp3) is 0.619. The van der Waals surface area contributed by atoms with E-state index in [0.717, 1.165) is 16.9 Å². The summed E-state index contributed by atoms with van der Waals surface area (Å²) in [6, 6.07) is 2.52. The zero-order valence-electron chi connectivity index (χ0n) is 18.6. The lowest BCUT2D eigenvalue weighted by atomic mass is 9.75. The maximum absolute atomic E-state index is 12.8. The zero-order chi connectivity index (χ0) is 23.1. The molecule has 10 heteroatoms. The van der Waals surface area contributed by atoms with Crippen molar-refractivity contribution in [3.63, 3.8) is 0 Å². The van der Waals surface area contributed by atoms with Crippen molar-refractivity contribution in [2.75, 3.05) is 20.8 Å². The molecule has 0 fully saturated rings. The van der Waals surface area contributed by atoms with E-state index in [0.29, 0.717) is 31.4 Å². The number of aliphatic hydroxyl groups excluding tert-OH is 1. The Morgan fingerprint density at radius 3 is 2.45 bits per heavy atom. The number of fused-ring (bicyclic) bond motifs is 1. The molecule has 1 unspecified atom stereocenters. The third-order valence-electron chi connectivity index (χ3n) is 5.54. The largest absolute Gasteiger partial charge is 0.497 e. The highest BCUT2D eigenvalue weighted by molar-refractivity contribution is 6.43. The van der Waals surface area contributed by atoms with Crippen LogP contribution in [-0.4, -0.2) is 66.9 Å². The van der Waals surface area contributed by atoms with E-state index in [9.17, 15) is 24.7 Å². The van der Waals surface area contributed by atoms with E-state index in [1.54, 1.807) is 14.2 Å². The highest BCUT2D eigenvalue weighted by Gasteiger charge is 2.32. The first-order valence-corrected chi connectivity index (χ1v) is 10.5. The Labute approximate surface area is 183 Å². The van der Waals surface area contributed by atoms with Crippen LogP contribution < -0.4 is 20.1 Å². The molecule has 0 aliphatic heterocycles. The Balaban J connectivity index is 2.05. The highest BCUT2D eigenvalue weighted by atomic mass is 16.5. The number of hydrogen-bond donors (Lipinski definition) is 5. The smallest absolute Gasteiger partial charge is 0.475 e. The molecule has 172 valence electrons. The van der Waals surface area contributed by atoms with Gasteiger partial charge >= 0.3 is 7.12 Å². The van der Waals surface area contributed by atoms with Crippen LogP contribution in [0.4, 0.5) is 0 Å². The Morgan fingerprint density at radius 2 is 1.90 bits per heavy atom. The molecular weight excluding hydrogens is 403 g/mol. The van der Waals surface area contributed by atoms with Gasteiger partial charge in [0, 0.05) is 12.0 Å². The van der Waals surface area contributed by atoms with Crippen molar-refractivity contribution in [2.24, 2.45) is 11.8 Å². The van der Waals surface area contributed by atoms with Gasteiger partial charge in [0.05, 0.1) is 26.8 Å². The van der Waals surface area contributed by atoms with Crippen LogP contribution in [0.2, 0.25) is 0 Å². The first kappa shape index (κ1) is 25.0. The number of carbonyl (C=O) groups excluding carboxylic acids is 2. The molecule has 1 aliphatic rings. The van der Waals surface area contributed by atoms with Crippen LogP contribution in [0.1, 0.15) is 37.8 Å². The molecule has 3 atom stereocenters. The monoisotopic (exact) mass is 436 g/mol. The number of methoxy groups -OCH3 is 2. The van der Waals surface area contributed by atoms with E-state index >= 15 is 0 Å².